The van der Waals surface area contributed by atoms with E-state index in [4.69, 9.17) is 9.84 Å². The van der Waals surface area contributed by atoms with Gasteiger partial charge < -0.3 is 14.9 Å². The van der Waals surface area contributed by atoms with Gasteiger partial charge in [0.1, 0.15) is 6.10 Å². The molecule has 7 rings (SSSR count). The van der Waals surface area contributed by atoms with Gasteiger partial charge in [-0.2, -0.15) is 0 Å². The van der Waals surface area contributed by atoms with Crippen LogP contribution < -0.4 is 0 Å². The quantitative estimate of drug-likeness (QED) is 0.545. The predicted molar refractivity (Wildman–Crippen MR) is 122 cm³/mol. The van der Waals surface area contributed by atoms with E-state index in [0.29, 0.717) is 24.7 Å². The van der Waals surface area contributed by atoms with Crippen LogP contribution in [0.1, 0.15) is 37.4 Å². The number of esters is 1. The highest BCUT2D eigenvalue weighted by Gasteiger charge is 2.51. The van der Waals surface area contributed by atoms with Crippen LogP contribution in [0.4, 0.5) is 0 Å². The zero-order valence-electron chi connectivity index (χ0n) is 18.5. The molecule has 5 fully saturated rings. The normalized spacial score (nSPS) is 34.9. The van der Waals surface area contributed by atoms with E-state index in [1.165, 1.54) is 6.42 Å². The van der Waals surface area contributed by atoms with Crippen molar-refractivity contribution in [2.45, 2.75) is 43.9 Å². The maximum atomic E-state index is 11.0. The number of carbonyl (C=O) groups excluding carboxylic acids is 1. The van der Waals surface area contributed by atoms with E-state index in [0.717, 1.165) is 36.0 Å². The van der Waals surface area contributed by atoms with Gasteiger partial charge in [0.25, 0.3) is 0 Å². The van der Waals surface area contributed by atoms with Gasteiger partial charge in [0.05, 0.1) is 23.5 Å². The Labute approximate surface area is 193 Å². The molecule has 4 saturated heterocycles. The van der Waals surface area contributed by atoms with E-state index in [1.807, 2.05) is 30.5 Å². The first kappa shape index (κ1) is 22.0. The molecule has 0 spiro atoms. The molecule has 2 aromatic rings. The number of para-hydroxylation sites is 1. The van der Waals surface area contributed by atoms with Crippen molar-refractivity contribution in [3.05, 3.63) is 54.7 Å². The third-order valence-corrected chi connectivity index (χ3v) is 7.94. The van der Waals surface area contributed by atoms with Crippen molar-refractivity contribution in [1.82, 2.24) is 9.88 Å². The minimum atomic E-state index is -0.867. The fourth-order valence-corrected chi connectivity index (χ4v) is 6.16. The lowest BCUT2D eigenvalue weighted by molar-refractivity contribution is -0.158. The van der Waals surface area contributed by atoms with Crippen molar-refractivity contribution in [2.24, 2.45) is 23.7 Å². The summed E-state index contributed by atoms with van der Waals surface area (Å²) in [5.41, 5.74) is 1.97. The molecule has 0 radical (unpaired) electrons. The van der Waals surface area contributed by atoms with E-state index in [2.05, 4.69) is 28.6 Å². The van der Waals surface area contributed by atoms with Gasteiger partial charge in [-0.15, -0.1) is 6.58 Å². The molecule has 33 heavy (non-hydrogen) atoms. The fraction of sp³-hybridized carbons (Fsp3) is 0.500. The van der Waals surface area contributed by atoms with Gasteiger partial charge >= 0.3 is 11.9 Å². The Morgan fingerprint density at radius 2 is 2.06 bits per heavy atom. The van der Waals surface area contributed by atoms with E-state index < -0.39 is 18.0 Å². The van der Waals surface area contributed by atoms with Crippen molar-refractivity contribution in [1.29, 1.82) is 0 Å². The average Bonchev–Trinajstić information content (AvgIpc) is 3.44. The van der Waals surface area contributed by atoms with Crippen LogP contribution in [0.2, 0.25) is 0 Å². The first-order valence-electron chi connectivity index (χ1n) is 11.8. The molecule has 4 bridgehead atoms. The molecule has 7 nitrogen and oxygen atoms in total. The van der Waals surface area contributed by atoms with Crippen LogP contribution in [0.3, 0.4) is 0 Å². The Balaban J connectivity index is 0.000000174. The highest BCUT2D eigenvalue weighted by molar-refractivity contribution is 5.84. The number of nitrogens with zero attached hydrogens (tertiary/aromatic N) is 2. The Hall–Kier alpha value is -2.77. The van der Waals surface area contributed by atoms with Crippen molar-refractivity contribution in [3.63, 3.8) is 0 Å². The summed E-state index contributed by atoms with van der Waals surface area (Å²) in [6.45, 7) is 6.11. The summed E-state index contributed by atoms with van der Waals surface area (Å²) in [6.07, 6.45) is 6.76. The number of piperidine rings is 3. The predicted octanol–water partition coefficient (Wildman–Crippen LogP) is 3.19. The van der Waals surface area contributed by atoms with E-state index in [9.17, 15) is 14.7 Å². The summed E-state index contributed by atoms with van der Waals surface area (Å²) in [4.78, 5) is 28.2. The average molecular weight is 451 g/mol. The summed E-state index contributed by atoms with van der Waals surface area (Å²) in [6, 6.07) is 10.3. The number of rotatable bonds is 4. The number of carboxylic acid groups (broad SMARTS) is 1. The van der Waals surface area contributed by atoms with Crippen molar-refractivity contribution in [3.8, 4) is 0 Å². The van der Waals surface area contributed by atoms with Crippen LogP contribution >= 0.6 is 0 Å². The van der Waals surface area contributed by atoms with Gasteiger partial charge in [-0.1, -0.05) is 24.3 Å². The smallest absolute Gasteiger partial charge is 0.310 e. The number of pyridine rings is 1. The topological polar surface area (TPSA) is 100.0 Å². The molecule has 174 valence electrons. The molecule has 5 aliphatic rings. The van der Waals surface area contributed by atoms with Gasteiger partial charge in [-0.05, 0) is 61.8 Å². The molecule has 7 heteroatoms. The molecule has 4 aliphatic heterocycles. The molecule has 1 aliphatic carbocycles. The maximum absolute atomic E-state index is 11.0. The largest absolute Gasteiger partial charge is 0.481 e. The van der Waals surface area contributed by atoms with Gasteiger partial charge in [0, 0.05) is 24.2 Å². The summed E-state index contributed by atoms with van der Waals surface area (Å²) in [5.74, 6) is -0.775. The Bertz CT molecular complexity index is 1070. The number of benzene rings is 1. The molecule has 1 aromatic carbocycles. The van der Waals surface area contributed by atoms with Crippen LogP contribution in [0.15, 0.2) is 49.2 Å². The summed E-state index contributed by atoms with van der Waals surface area (Å²) in [7, 11) is 0. The maximum Gasteiger partial charge on any atom is 0.310 e. The standard InChI is InChI=1S/C19H22N2O.C7H8O4/c1-2-13-12-21-10-8-14(13)11-18(21)19(22)16-7-9-20-17-6-4-3-5-15(16)17;8-6(9)4-1-3-2-5(4)7(10)11-3/h2-7,9,13-14,18-19,22H,1,8,10-12H2;3-5H,1-2H2,(H,8,9)/t13?,14?,18?,19-;3-,4-,5?/m11/s1. The van der Waals surface area contributed by atoms with Crippen molar-refractivity contribution in [2.75, 3.05) is 13.1 Å². The fourth-order valence-electron chi connectivity index (χ4n) is 6.16. The van der Waals surface area contributed by atoms with Crippen molar-refractivity contribution >= 4 is 22.8 Å². The summed E-state index contributed by atoms with van der Waals surface area (Å²) in [5, 5.41) is 20.7. The highest BCUT2D eigenvalue weighted by atomic mass is 16.6. The van der Waals surface area contributed by atoms with E-state index >= 15 is 0 Å². The Morgan fingerprint density at radius 3 is 2.70 bits per heavy atom. The number of fused-ring (bicyclic) bond motifs is 6. The van der Waals surface area contributed by atoms with Gasteiger partial charge in [-0.25, -0.2) is 0 Å². The lowest BCUT2D eigenvalue weighted by atomic mass is 9.73. The molecule has 5 heterocycles. The second-order valence-electron chi connectivity index (χ2n) is 9.69. The number of ether oxygens (including phenoxy) is 1. The molecule has 2 N–H and O–H groups in total. The summed E-state index contributed by atoms with van der Waals surface area (Å²) < 4.78 is 4.84. The number of hydrogen-bond donors (Lipinski definition) is 2. The first-order valence-corrected chi connectivity index (χ1v) is 11.8. The molecular formula is C26H30N2O5. The number of aromatic nitrogens is 1. The van der Waals surface area contributed by atoms with Crippen LogP contribution in [-0.4, -0.2) is 57.3 Å². The SMILES string of the molecule is C=CC1CN2CCC1CC2[C@H](O)c1ccnc2ccccc12.O=C1O[C@H]2CC1[C@H](C(=O)O)C2. The molecular weight excluding hydrogens is 420 g/mol. The number of hydrogen-bond acceptors (Lipinski definition) is 6. The lowest BCUT2D eigenvalue weighted by Crippen LogP contribution is -2.54. The van der Waals surface area contributed by atoms with Crippen LogP contribution in [0.25, 0.3) is 10.9 Å². The monoisotopic (exact) mass is 450 g/mol. The molecule has 8 atom stereocenters. The summed E-state index contributed by atoms with van der Waals surface area (Å²) >= 11 is 0. The Morgan fingerprint density at radius 1 is 1.24 bits per heavy atom. The third-order valence-electron chi connectivity index (χ3n) is 7.94. The van der Waals surface area contributed by atoms with Gasteiger partial charge in [-0.3, -0.25) is 19.5 Å². The second kappa shape index (κ2) is 8.88. The number of aliphatic hydroxyl groups is 1. The minimum Gasteiger partial charge on any atom is -0.481 e. The van der Waals surface area contributed by atoms with E-state index in [1.54, 1.807) is 0 Å². The molecule has 5 unspecified atom stereocenters. The zero-order valence-corrected chi connectivity index (χ0v) is 18.5. The first-order chi connectivity index (χ1) is 16.0. The molecule has 1 aromatic heterocycles. The Kier molecular flexibility index (Phi) is 5.93. The van der Waals surface area contributed by atoms with Crippen LogP contribution in [0.5, 0.6) is 0 Å². The molecule has 1 saturated carbocycles. The second-order valence-corrected chi connectivity index (χ2v) is 9.69. The number of carbonyl (C=O) groups is 2. The number of carboxylic acids is 1. The van der Waals surface area contributed by atoms with Crippen molar-refractivity contribution < 1.29 is 24.5 Å². The number of aliphatic carboxylic acids is 1. The van der Waals surface area contributed by atoms with Gasteiger partial charge in [0.2, 0.25) is 0 Å². The highest BCUT2D eigenvalue weighted by Crippen LogP contribution is 2.42. The lowest BCUT2D eigenvalue weighted by Gasteiger charge is -2.50. The van der Waals surface area contributed by atoms with Crippen LogP contribution in [-0.2, 0) is 14.3 Å². The number of aliphatic hydroxyl groups excluding tert-OH is 1. The van der Waals surface area contributed by atoms with E-state index in [-0.39, 0.29) is 24.0 Å². The molecule has 0 amide bonds. The third kappa shape index (κ3) is 4.04. The zero-order chi connectivity index (χ0) is 23.1. The van der Waals surface area contributed by atoms with Crippen LogP contribution in [0, 0.1) is 23.7 Å². The minimum absolute atomic E-state index is 0.117. The van der Waals surface area contributed by atoms with Gasteiger partial charge in [0.15, 0.2) is 0 Å².